The lowest BCUT2D eigenvalue weighted by atomic mass is 9.90. The van der Waals surface area contributed by atoms with Crippen molar-refractivity contribution in [2.75, 3.05) is 31.7 Å². The van der Waals surface area contributed by atoms with Crippen LogP contribution in [0.1, 0.15) is 54.9 Å². The maximum absolute atomic E-state index is 13.0. The number of anilines is 1. The first-order chi connectivity index (χ1) is 17.6. The molecule has 0 bridgehead atoms. The summed E-state index contributed by atoms with van der Waals surface area (Å²) in [6.07, 6.45) is 3.35. The van der Waals surface area contributed by atoms with E-state index in [1.165, 1.54) is 6.20 Å². The smallest absolute Gasteiger partial charge is 0.255 e. The molecule has 1 aromatic carbocycles. The van der Waals surface area contributed by atoms with Crippen molar-refractivity contribution in [1.82, 2.24) is 9.88 Å². The van der Waals surface area contributed by atoms with Crippen LogP contribution >= 0.6 is 0 Å². The van der Waals surface area contributed by atoms with Gasteiger partial charge in [0.2, 0.25) is 5.88 Å². The second-order valence-electron chi connectivity index (χ2n) is 9.55. The number of carbonyl (C=O) groups is 1. The molecule has 0 radical (unpaired) electrons. The van der Waals surface area contributed by atoms with E-state index in [0.717, 1.165) is 11.1 Å². The van der Waals surface area contributed by atoms with E-state index in [1.54, 1.807) is 26.0 Å². The van der Waals surface area contributed by atoms with Gasteiger partial charge in [-0.15, -0.1) is 0 Å². The van der Waals surface area contributed by atoms with Gasteiger partial charge in [0.1, 0.15) is 0 Å². The Labute approximate surface area is 218 Å². The van der Waals surface area contributed by atoms with Crippen LogP contribution in [0.15, 0.2) is 54.2 Å². The van der Waals surface area contributed by atoms with Gasteiger partial charge in [-0.3, -0.25) is 9.78 Å². The van der Waals surface area contributed by atoms with Crippen LogP contribution < -0.4 is 16.8 Å². The average Bonchev–Trinajstić information content (AvgIpc) is 2.89. The number of amides is 1. The molecule has 2 aromatic rings. The maximum Gasteiger partial charge on any atom is 0.255 e. The Kier molecular flexibility index (Phi) is 8.79. The molecule has 5 N–H and O–H groups in total. The molecular formula is C28H36N6O3. The van der Waals surface area contributed by atoms with E-state index in [0.29, 0.717) is 60.6 Å². The number of nitriles is 1. The molecule has 1 aliphatic heterocycles. The summed E-state index contributed by atoms with van der Waals surface area (Å²) in [4.78, 5) is 19.4. The standard InChI is InChI=1S/C28H36N6O3/c1-6-37-26(31)24(34-11-12-36-16-19(34)3)15-23(30)22-14-21(8-7-18(22)2)33-27(35)20-9-10-32-25(13-20)28(4,5)17-29/h7-10,13-15,19H,6,11-12,16,30-31H2,1-5H3,(H,33,35)/b23-15-,26-24-. The van der Waals surface area contributed by atoms with Gasteiger partial charge in [0.15, 0.2) is 0 Å². The molecule has 0 saturated carbocycles. The van der Waals surface area contributed by atoms with Crippen LogP contribution in [-0.4, -0.2) is 48.2 Å². The Bertz CT molecular complexity index is 1240. The van der Waals surface area contributed by atoms with Crippen LogP contribution in [0.3, 0.4) is 0 Å². The summed E-state index contributed by atoms with van der Waals surface area (Å²) in [5, 5.41) is 12.3. The van der Waals surface area contributed by atoms with E-state index in [2.05, 4.69) is 28.2 Å². The third kappa shape index (κ3) is 6.60. The fraction of sp³-hybridized carbons (Fsp3) is 0.393. The fourth-order valence-electron chi connectivity index (χ4n) is 4.02. The van der Waals surface area contributed by atoms with E-state index in [4.69, 9.17) is 20.9 Å². The molecule has 1 atom stereocenters. The number of ether oxygens (including phenoxy) is 2. The number of rotatable bonds is 8. The minimum Gasteiger partial charge on any atom is -0.478 e. The second-order valence-corrected chi connectivity index (χ2v) is 9.55. The lowest BCUT2D eigenvalue weighted by Crippen LogP contribution is -2.43. The number of aryl methyl sites for hydroxylation is 1. The summed E-state index contributed by atoms with van der Waals surface area (Å²) in [6.45, 7) is 11.7. The van der Waals surface area contributed by atoms with Crippen LogP contribution in [0.25, 0.3) is 5.70 Å². The Balaban J connectivity index is 1.91. The number of pyridine rings is 1. The van der Waals surface area contributed by atoms with Crippen LogP contribution in [-0.2, 0) is 14.9 Å². The highest BCUT2D eigenvalue weighted by Crippen LogP contribution is 2.25. The number of morpholine rings is 1. The van der Waals surface area contributed by atoms with E-state index < -0.39 is 5.41 Å². The van der Waals surface area contributed by atoms with Gasteiger partial charge in [-0.2, -0.15) is 5.26 Å². The molecule has 1 unspecified atom stereocenters. The number of nitrogens with zero attached hydrogens (tertiary/aromatic N) is 3. The van der Waals surface area contributed by atoms with Crippen molar-refractivity contribution in [3.8, 4) is 6.07 Å². The summed E-state index contributed by atoms with van der Waals surface area (Å²) >= 11 is 0. The van der Waals surface area contributed by atoms with Gasteiger partial charge in [0.05, 0.1) is 42.7 Å². The SMILES string of the molecule is CCO/C(N)=C(/C=C(\N)c1cc(NC(=O)c2ccnc(C(C)(C)C#N)c2)ccc1C)N1CCOCC1C. The molecule has 1 saturated heterocycles. The van der Waals surface area contributed by atoms with Crippen molar-refractivity contribution in [2.45, 2.75) is 46.1 Å². The van der Waals surface area contributed by atoms with Gasteiger partial charge >= 0.3 is 0 Å². The van der Waals surface area contributed by atoms with Crippen molar-refractivity contribution < 1.29 is 14.3 Å². The van der Waals surface area contributed by atoms with E-state index >= 15 is 0 Å². The Morgan fingerprint density at radius 3 is 2.78 bits per heavy atom. The minimum absolute atomic E-state index is 0.106. The molecule has 37 heavy (non-hydrogen) atoms. The third-order valence-electron chi connectivity index (χ3n) is 6.27. The molecule has 1 amide bonds. The monoisotopic (exact) mass is 504 g/mol. The lowest BCUT2D eigenvalue weighted by Gasteiger charge is -2.36. The molecule has 0 spiro atoms. The molecule has 0 aliphatic carbocycles. The van der Waals surface area contributed by atoms with Gasteiger partial charge in [-0.1, -0.05) is 6.07 Å². The highest BCUT2D eigenvalue weighted by atomic mass is 16.5. The lowest BCUT2D eigenvalue weighted by molar-refractivity contribution is 0.0157. The van der Waals surface area contributed by atoms with Crippen molar-refractivity contribution in [1.29, 1.82) is 5.26 Å². The molecule has 3 rings (SSSR count). The first-order valence-corrected chi connectivity index (χ1v) is 12.3. The van der Waals surface area contributed by atoms with Crippen molar-refractivity contribution >= 4 is 17.3 Å². The second kappa shape index (κ2) is 11.8. The molecule has 9 nitrogen and oxygen atoms in total. The molecule has 1 fully saturated rings. The zero-order chi connectivity index (χ0) is 27.2. The predicted molar refractivity (Wildman–Crippen MR) is 144 cm³/mol. The number of carbonyl (C=O) groups excluding carboxylic acids is 1. The number of benzene rings is 1. The number of hydrogen-bond acceptors (Lipinski definition) is 8. The highest BCUT2D eigenvalue weighted by molar-refractivity contribution is 6.04. The van der Waals surface area contributed by atoms with Crippen LogP contribution in [0.2, 0.25) is 0 Å². The van der Waals surface area contributed by atoms with Crippen molar-refractivity contribution in [3.63, 3.8) is 0 Å². The molecule has 1 aromatic heterocycles. The third-order valence-corrected chi connectivity index (χ3v) is 6.27. The van der Waals surface area contributed by atoms with Gasteiger partial charge in [-0.25, -0.2) is 0 Å². The number of nitrogens with one attached hydrogen (secondary N) is 1. The van der Waals surface area contributed by atoms with E-state index in [9.17, 15) is 10.1 Å². The Morgan fingerprint density at radius 2 is 2.11 bits per heavy atom. The van der Waals surface area contributed by atoms with Gasteiger partial charge < -0.3 is 31.2 Å². The van der Waals surface area contributed by atoms with Gasteiger partial charge in [0, 0.05) is 41.3 Å². The Morgan fingerprint density at radius 1 is 1.35 bits per heavy atom. The van der Waals surface area contributed by atoms with E-state index in [-0.39, 0.29) is 11.9 Å². The predicted octanol–water partition coefficient (Wildman–Crippen LogP) is 3.63. The number of aromatic nitrogens is 1. The van der Waals surface area contributed by atoms with Crippen LogP contribution in [0.5, 0.6) is 0 Å². The fourth-order valence-corrected chi connectivity index (χ4v) is 4.02. The normalized spacial score (nSPS) is 17.0. The summed E-state index contributed by atoms with van der Waals surface area (Å²) in [5.41, 5.74) is 16.5. The van der Waals surface area contributed by atoms with Crippen molar-refractivity contribution in [2.24, 2.45) is 11.5 Å². The first-order valence-electron chi connectivity index (χ1n) is 12.3. The van der Waals surface area contributed by atoms with Crippen LogP contribution in [0.4, 0.5) is 5.69 Å². The molecule has 2 heterocycles. The number of nitrogens with two attached hydrogens (primary N) is 2. The van der Waals surface area contributed by atoms with Crippen molar-refractivity contribution in [3.05, 3.63) is 76.6 Å². The molecule has 9 heteroatoms. The molecular weight excluding hydrogens is 468 g/mol. The van der Waals surface area contributed by atoms with Crippen LogP contribution in [0, 0.1) is 18.3 Å². The quantitative estimate of drug-likeness (QED) is 0.366. The summed E-state index contributed by atoms with van der Waals surface area (Å²) < 4.78 is 11.2. The maximum atomic E-state index is 13.0. The summed E-state index contributed by atoms with van der Waals surface area (Å²) in [7, 11) is 0. The summed E-state index contributed by atoms with van der Waals surface area (Å²) in [6, 6.07) is 11.1. The topological polar surface area (TPSA) is 140 Å². The number of allylic oxidation sites excluding steroid dienone is 1. The van der Waals surface area contributed by atoms with Gasteiger partial charge in [0.25, 0.3) is 5.91 Å². The van der Waals surface area contributed by atoms with E-state index in [1.807, 2.05) is 38.1 Å². The summed E-state index contributed by atoms with van der Waals surface area (Å²) in [5.74, 6) is -0.00634. The molecule has 1 aliphatic rings. The van der Waals surface area contributed by atoms with Gasteiger partial charge in [-0.05, 0) is 70.5 Å². The Hall–Kier alpha value is -4.03. The average molecular weight is 505 g/mol. The highest BCUT2D eigenvalue weighted by Gasteiger charge is 2.24. The number of hydrogen-bond donors (Lipinski definition) is 3. The zero-order valence-electron chi connectivity index (χ0n) is 22.2. The zero-order valence-corrected chi connectivity index (χ0v) is 22.2. The largest absolute Gasteiger partial charge is 0.478 e. The minimum atomic E-state index is -0.806. The first kappa shape index (κ1) is 27.6. The molecule has 196 valence electrons.